The number of nitrogens with zero attached hydrogens (tertiary/aromatic N) is 1. The van der Waals surface area contributed by atoms with Crippen LogP contribution in [0, 0.1) is 11.8 Å². The Balaban J connectivity index is 1.99. The SMILES string of the molecule is CC(C)CCN(C)CCNC1CCC(C)CC1. The van der Waals surface area contributed by atoms with E-state index in [-0.39, 0.29) is 0 Å². The van der Waals surface area contributed by atoms with Crippen molar-refractivity contribution in [3.8, 4) is 0 Å². The molecular weight excluding hydrogens is 208 g/mol. The van der Waals surface area contributed by atoms with E-state index in [1.165, 1.54) is 45.2 Å². The van der Waals surface area contributed by atoms with Gasteiger partial charge < -0.3 is 10.2 Å². The fraction of sp³-hybridized carbons (Fsp3) is 1.00. The van der Waals surface area contributed by atoms with Gasteiger partial charge >= 0.3 is 0 Å². The molecule has 0 atom stereocenters. The van der Waals surface area contributed by atoms with Crippen LogP contribution in [0.4, 0.5) is 0 Å². The lowest BCUT2D eigenvalue weighted by Gasteiger charge is -2.28. The Bertz CT molecular complexity index is 183. The molecule has 0 aromatic heterocycles. The van der Waals surface area contributed by atoms with E-state index in [1.807, 2.05) is 0 Å². The van der Waals surface area contributed by atoms with Crippen LogP contribution >= 0.6 is 0 Å². The summed E-state index contributed by atoms with van der Waals surface area (Å²) < 4.78 is 0. The number of hydrogen-bond donors (Lipinski definition) is 1. The van der Waals surface area contributed by atoms with E-state index >= 15 is 0 Å². The van der Waals surface area contributed by atoms with Crippen molar-refractivity contribution in [2.24, 2.45) is 11.8 Å². The Kier molecular flexibility index (Phi) is 7.14. The quantitative estimate of drug-likeness (QED) is 0.735. The summed E-state index contributed by atoms with van der Waals surface area (Å²) in [7, 11) is 2.24. The van der Waals surface area contributed by atoms with Gasteiger partial charge in [0.1, 0.15) is 0 Å². The maximum atomic E-state index is 3.72. The molecule has 0 aromatic carbocycles. The highest BCUT2D eigenvalue weighted by molar-refractivity contribution is 4.75. The smallest absolute Gasteiger partial charge is 0.0104 e. The van der Waals surface area contributed by atoms with E-state index < -0.39 is 0 Å². The highest BCUT2D eigenvalue weighted by Crippen LogP contribution is 2.23. The topological polar surface area (TPSA) is 15.3 Å². The number of likely N-dealkylation sites (N-methyl/N-ethyl adjacent to an activating group) is 1. The van der Waals surface area contributed by atoms with Crippen molar-refractivity contribution in [2.75, 3.05) is 26.7 Å². The van der Waals surface area contributed by atoms with E-state index in [0.29, 0.717) is 0 Å². The van der Waals surface area contributed by atoms with Gasteiger partial charge in [-0.2, -0.15) is 0 Å². The zero-order valence-corrected chi connectivity index (χ0v) is 12.3. The molecule has 102 valence electrons. The lowest BCUT2D eigenvalue weighted by Crippen LogP contribution is -2.38. The molecule has 0 heterocycles. The molecule has 0 radical (unpaired) electrons. The fourth-order valence-electron chi connectivity index (χ4n) is 2.51. The third-order valence-corrected chi connectivity index (χ3v) is 4.03. The summed E-state index contributed by atoms with van der Waals surface area (Å²) in [5, 5.41) is 3.72. The lowest BCUT2D eigenvalue weighted by atomic mass is 9.87. The molecule has 1 saturated carbocycles. The van der Waals surface area contributed by atoms with Gasteiger partial charge in [0.2, 0.25) is 0 Å². The Morgan fingerprint density at radius 2 is 1.76 bits per heavy atom. The molecule has 17 heavy (non-hydrogen) atoms. The van der Waals surface area contributed by atoms with E-state index in [1.54, 1.807) is 0 Å². The van der Waals surface area contributed by atoms with Crippen molar-refractivity contribution in [3.63, 3.8) is 0 Å². The minimum atomic E-state index is 0.796. The second-order valence-corrected chi connectivity index (χ2v) is 6.40. The summed E-state index contributed by atoms with van der Waals surface area (Å²) in [6.07, 6.45) is 6.92. The molecule has 1 aliphatic carbocycles. The van der Waals surface area contributed by atoms with Crippen molar-refractivity contribution >= 4 is 0 Å². The average molecular weight is 240 g/mol. The third kappa shape index (κ3) is 7.05. The normalized spacial score (nSPS) is 25.8. The van der Waals surface area contributed by atoms with Crippen LogP contribution in [0.2, 0.25) is 0 Å². The molecule has 1 rings (SSSR count). The standard InChI is InChI=1S/C15H32N2/c1-13(2)9-11-17(4)12-10-16-15-7-5-14(3)6-8-15/h13-16H,5-12H2,1-4H3. The van der Waals surface area contributed by atoms with Crippen molar-refractivity contribution < 1.29 is 0 Å². The van der Waals surface area contributed by atoms with Gasteiger partial charge in [0, 0.05) is 19.1 Å². The van der Waals surface area contributed by atoms with Crippen LogP contribution in [0.15, 0.2) is 0 Å². The molecule has 0 aliphatic heterocycles. The first-order chi connectivity index (χ1) is 8.08. The number of hydrogen-bond acceptors (Lipinski definition) is 2. The molecule has 0 unspecified atom stereocenters. The van der Waals surface area contributed by atoms with E-state index in [0.717, 1.165) is 24.4 Å². The van der Waals surface area contributed by atoms with Gasteiger partial charge in [-0.3, -0.25) is 0 Å². The Labute approximate surface area is 108 Å². The lowest BCUT2D eigenvalue weighted by molar-refractivity contribution is 0.274. The predicted molar refractivity (Wildman–Crippen MR) is 76.4 cm³/mol. The van der Waals surface area contributed by atoms with Crippen LogP contribution in [-0.2, 0) is 0 Å². The van der Waals surface area contributed by atoms with E-state index in [2.05, 4.69) is 38.0 Å². The van der Waals surface area contributed by atoms with E-state index in [4.69, 9.17) is 0 Å². The van der Waals surface area contributed by atoms with Crippen LogP contribution in [0.25, 0.3) is 0 Å². The number of nitrogens with one attached hydrogen (secondary N) is 1. The minimum absolute atomic E-state index is 0.796. The Hall–Kier alpha value is -0.0800. The Morgan fingerprint density at radius 3 is 2.35 bits per heavy atom. The second-order valence-electron chi connectivity index (χ2n) is 6.40. The van der Waals surface area contributed by atoms with Gasteiger partial charge in [-0.25, -0.2) is 0 Å². The van der Waals surface area contributed by atoms with Crippen molar-refractivity contribution in [3.05, 3.63) is 0 Å². The molecule has 0 aromatic rings. The van der Waals surface area contributed by atoms with Gasteiger partial charge in [-0.1, -0.05) is 20.8 Å². The zero-order chi connectivity index (χ0) is 12.7. The Morgan fingerprint density at radius 1 is 1.12 bits per heavy atom. The maximum absolute atomic E-state index is 3.72. The monoisotopic (exact) mass is 240 g/mol. The molecule has 1 aliphatic rings. The molecule has 0 spiro atoms. The molecular formula is C15H32N2. The minimum Gasteiger partial charge on any atom is -0.313 e. The first-order valence-corrected chi connectivity index (χ1v) is 7.50. The van der Waals surface area contributed by atoms with Crippen molar-refractivity contribution in [1.82, 2.24) is 10.2 Å². The summed E-state index contributed by atoms with van der Waals surface area (Å²) in [5.74, 6) is 1.78. The molecule has 2 heteroatoms. The summed E-state index contributed by atoms with van der Waals surface area (Å²) in [4.78, 5) is 2.46. The predicted octanol–water partition coefficient (Wildman–Crippen LogP) is 3.13. The first-order valence-electron chi connectivity index (χ1n) is 7.50. The molecule has 0 amide bonds. The van der Waals surface area contributed by atoms with Gasteiger partial charge in [0.15, 0.2) is 0 Å². The highest BCUT2D eigenvalue weighted by Gasteiger charge is 2.17. The van der Waals surface area contributed by atoms with Gasteiger partial charge in [0.25, 0.3) is 0 Å². The highest BCUT2D eigenvalue weighted by atomic mass is 15.1. The van der Waals surface area contributed by atoms with E-state index in [9.17, 15) is 0 Å². The average Bonchev–Trinajstić information content (AvgIpc) is 2.29. The van der Waals surface area contributed by atoms with Crippen molar-refractivity contribution in [2.45, 2.75) is 58.9 Å². The molecule has 1 N–H and O–H groups in total. The second kappa shape index (κ2) is 8.10. The molecule has 0 saturated heterocycles. The largest absolute Gasteiger partial charge is 0.313 e. The van der Waals surface area contributed by atoms with Crippen LogP contribution < -0.4 is 5.32 Å². The summed E-state index contributed by atoms with van der Waals surface area (Å²) >= 11 is 0. The summed E-state index contributed by atoms with van der Waals surface area (Å²) in [5.41, 5.74) is 0. The summed E-state index contributed by atoms with van der Waals surface area (Å²) in [6, 6.07) is 0.796. The van der Waals surface area contributed by atoms with Gasteiger partial charge in [-0.15, -0.1) is 0 Å². The van der Waals surface area contributed by atoms with Gasteiger partial charge in [0.05, 0.1) is 0 Å². The van der Waals surface area contributed by atoms with Crippen LogP contribution in [-0.4, -0.2) is 37.6 Å². The van der Waals surface area contributed by atoms with Crippen LogP contribution in [0.1, 0.15) is 52.9 Å². The first kappa shape index (κ1) is 15.0. The molecule has 0 bridgehead atoms. The van der Waals surface area contributed by atoms with Crippen LogP contribution in [0.5, 0.6) is 0 Å². The fourth-order valence-corrected chi connectivity index (χ4v) is 2.51. The molecule has 1 fully saturated rings. The van der Waals surface area contributed by atoms with Crippen LogP contribution in [0.3, 0.4) is 0 Å². The third-order valence-electron chi connectivity index (χ3n) is 4.03. The van der Waals surface area contributed by atoms with Crippen molar-refractivity contribution in [1.29, 1.82) is 0 Å². The maximum Gasteiger partial charge on any atom is 0.0104 e. The molecule has 2 nitrogen and oxygen atoms in total. The summed E-state index contributed by atoms with van der Waals surface area (Å²) in [6.45, 7) is 10.6. The van der Waals surface area contributed by atoms with Gasteiger partial charge in [-0.05, 0) is 57.5 Å². The zero-order valence-electron chi connectivity index (χ0n) is 12.3. The number of rotatable bonds is 7.